The predicted molar refractivity (Wildman–Crippen MR) is 116 cm³/mol. The number of benzene rings is 2. The van der Waals surface area contributed by atoms with Crippen LogP contribution in [-0.4, -0.2) is 34.6 Å². The third-order valence-electron chi connectivity index (χ3n) is 5.29. The zero-order valence-corrected chi connectivity index (χ0v) is 17.4. The van der Waals surface area contributed by atoms with Crippen molar-refractivity contribution >= 4 is 22.5 Å². The average Bonchev–Trinajstić information content (AvgIpc) is 3.46. The Morgan fingerprint density at radius 1 is 1.10 bits per heavy atom. The average molecular weight is 436 g/mol. The summed E-state index contributed by atoms with van der Waals surface area (Å²) in [6.07, 6.45) is 4.32. The molecule has 31 heavy (non-hydrogen) atoms. The van der Waals surface area contributed by atoms with Crippen molar-refractivity contribution < 1.29 is 13.2 Å². The number of aromatic nitrogens is 4. The third kappa shape index (κ3) is 3.94. The zero-order chi connectivity index (χ0) is 21.2. The summed E-state index contributed by atoms with van der Waals surface area (Å²) in [4.78, 5) is 4.59. The van der Waals surface area contributed by atoms with Crippen molar-refractivity contribution in [3.63, 3.8) is 0 Å². The molecule has 0 fully saturated rings. The van der Waals surface area contributed by atoms with Crippen LogP contribution in [0, 0.1) is 0 Å². The molecule has 0 atom stereocenters. The van der Waals surface area contributed by atoms with Crippen LogP contribution in [0.15, 0.2) is 55.0 Å². The van der Waals surface area contributed by atoms with E-state index in [1.165, 1.54) is 11.1 Å². The Hall–Kier alpha value is -3.50. The Bertz CT molecular complexity index is 1310. The SMILES string of the molecule is O=[SH](=O)NCc1ccc(-c2cnc(NCc3cccc4c3CCO4)n3cnnc23)cc1. The molecule has 0 amide bonds. The first kappa shape index (κ1) is 19.5. The second-order valence-electron chi connectivity index (χ2n) is 7.15. The number of anilines is 1. The normalized spacial score (nSPS) is 12.8. The highest BCUT2D eigenvalue weighted by Gasteiger charge is 2.16. The first-order chi connectivity index (χ1) is 15.2. The molecule has 3 heterocycles. The molecule has 4 aromatic rings. The first-order valence-corrected chi connectivity index (χ1v) is 11.0. The quantitative estimate of drug-likeness (QED) is 0.380. The molecular weight excluding hydrogens is 416 g/mol. The zero-order valence-electron chi connectivity index (χ0n) is 16.5. The summed E-state index contributed by atoms with van der Waals surface area (Å²) in [6.45, 7) is 1.60. The van der Waals surface area contributed by atoms with Crippen LogP contribution in [0.1, 0.15) is 16.7 Å². The monoisotopic (exact) mass is 436 g/mol. The molecule has 2 N–H and O–H groups in total. The molecule has 0 radical (unpaired) electrons. The van der Waals surface area contributed by atoms with Crippen LogP contribution in [0.25, 0.3) is 16.8 Å². The van der Waals surface area contributed by atoms with Crippen LogP contribution in [0.5, 0.6) is 5.75 Å². The molecule has 0 spiro atoms. The lowest BCUT2D eigenvalue weighted by molar-refractivity contribution is 0.357. The molecule has 0 saturated carbocycles. The number of hydrogen-bond donors (Lipinski definition) is 3. The number of thiol groups is 1. The van der Waals surface area contributed by atoms with Gasteiger partial charge in [-0.1, -0.05) is 36.4 Å². The minimum atomic E-state index is -2.61. The minimum absolute atomic E-state index is 0.259. The second kappa shape index (κ2) is 8.32. The lowest BCUT2D eigenvalue weighted by Gasteiger charge is -2.12. The van der Waals surface area contributed by atoms with Crippen LogP contribution in [0.3, 0.4) is 0 Å². The van der Waals surface area contributed by atoms with Gasteiger partial charge in [0, 0.05) is 36.8 Å². The highest BCUT2D eigenvalue weighted by molar-refractivity contribution is 7.70. The summed E-state index contributed by atoms with van der Waals surface area (Å²) < 4.78 is 31.3. The van der Waals surface area contributed by atoms with E-state index in [4.69, 9.17) is 4.74 Å². The summed E-state index contributed by atoms with van der Waals surface area (Å²) in [7, 11) is -2.61. The fourth-order valence-corrected chi connectivity index (χ4v) is 4.06. The summed E-state index contributed by atoms with van der Waals surface area (Å²) >= 11 is 0. The molecule has 0 unspecified atom stereocenters. The van der Waals surface area contributed by atoms with Crippen molar-refractivity contribution in [3.8, 4) is 16.9 Å². The van der Waals surface area contributed by atoms with Gasteiger partial charge in [-0.2, -0.15) is 0 Å². The van der Waals surface area contributed by atoms with Gasteiger partial charge in [-0.05, 0) is 22.8 Å². The van der Waals surface area contributed by atoms with Crippen molar-refractivity contribution in [2.24, 2.45) is 0 Å². The van der Waals surface area contributed by atoms with E-state index in [1.807, 2.05) is 40.8 Å². The van der Waals surface area contributed by atoms with Crippen LogP contribution in [0.2, 0.25) is 0 Å². The van der Waals surface area contributed by atoms with Gasteiger partial charge in [-0.15, -0.1) is 10.2 Å². The summed E-state index contributed by atoms with van der Waals surface area (Å²) in [5.41, 5.74) is 5.74. The van der Waals surface area contributed by atoms with Gasteiger partial charge in [-0.25, -0.2) is 18.1 Å². The number of nitrogens with one attached hydrogen (secondary N) is 2. The Morgan fingerprint density at radius 3 is 2.81 bits per heavy atom. The van der Waals surface area contributed by atoms with Gasteiger partial charge in [0.1, 0.15) is 12.1 Å². The lowest BCUT2D eigenvalue weighted by atomic mass is 10.1. The fourth-order valence-electron chi connectivity index (χ4n) is 3.74. The highest BCUT2D eigenvalue weighted by atomic mass is 32.2. The van der Waals surface area contributed by atoms with E-state index in [9.17, 15) is 8.42 Å². The maximum Gasteiger partial charge on any atom is 0.210 e. The Balaban J connectivity index is 1.39. The van der Waals surface area contributed by atoms with Crippen molar-refractivity contribution in [2.75, 3.05) is 11.9 Å². The Labute approximate surface area is 180 Å². The van der Waals surface area contributed by atoms with Crippen molar-refractivity contribution in [3.05, 3.63) is 71.7 Å². The fraction of sp³-hybridized carbons (Fsp3) is 0.190. The van der Waals surface area contributed by atoms with Crippen molar-refractivity contribution in [2.45, 2.75) is 19.5 Å². The van der Waals surface area contributed by atoms with E-state index in [1.54, 1.807) is 12.5 Å². The van der Waals surface area contributed by atoms with Crippen LogP contribution in [-0.2, 0) is 30.4 Å². The number of hydrogen-bond acceptors (Lipinski definition) is 7. The Kier molecular flexibility index (Phi) is 5.23. The first-order valence-electron chi connectivity index (χ1n) is 9.82. The minimum Gasteiger partial charge on any atom is -0.493 e. The molecule has 1 aliphatic rings. The second-order valence-corrected chi connectivity index (χ2v) is 7.99. The molecule has 158 valence electrons. The molecule has 5 rings (SSSR count). The topological polar surface area (TPSA) is 111 Å². The lowest BCUT2D eigenvalue weighted by Crippen LogP contribution is -2.10. The van der Waals surface area contributed by atoms with Crippen LogP contribution in [0.4, 0.5) is 5.95 Å². The van der Waals surface area contributed by atoms with E-state index >= 15 is 0 Å². The molecule has 2 aromatic carbocycles. The van der Waals surface area contributed by atoms with Crippen molar-refractivity contribution in [1.29, 1.82) is 0 Å². The molecule has 0 saturated heterocycles. The number of ether oxygens (including phenoxy) is 1. The van der Waals surface area contributed by atoms with Crippen LogP contribution < -0.4 is 14.8 Å². The summed E-state index contributed by atoms with van der Waals surface area (Å²) in [5, 5.41) is 11.7. The maximum absolute atomic E-state index is 10.7. The molecule has 1 aliphatic heterocycles. The maximum atomic E-state index is 10.7. The smallest absolute Gasteiger partial charge is 0.210 e. The third-order valence-corrected chi connectivity index (χ3v) is 5.70. The van der Waals surface area contributed by atoms with Crippen LogP contribution >= 0.6 is 0 Å². The van der Waals surface area contributed by atoms with E-state index in [0.717, 1.165) is 35.5 Å². The summed E-state index contributed by atoms with van der Waals surface area (Å²) in [6, 6.07) is 13.7. The largest absolute Gasteiger partial charge is 0.493 e. The number of rotatable bonds is 7. The van der Waals surface area contributed by atoms with Crippen molar-refractivity contribution in [1.82, 2.24) is 24.3 Å². The number of nitrogens with zero attached hydrogens (tertiary/aromatic N) is 4. The van der Waals surface area contributed by atoms with E-state index in [-0.39, 0.29) is 6.54 Å². The van der Waals surface area contributed by atoms with Gasteiger partial charge in [0.15, 0.2) is 5.65 Å². The predicted octanol–water partition coefficient (Wildman–Crippen LogP) is 1.95. The van der Waals surface area contributed by atoms with E-state index in [2.05, 4.69) is 31.3 Å². The molecule has 10 heteroatoms. The molecule has 2 aromatic heterocycles. The van der Waals surface area contributed by atoms with E-state index < -0.39 is 10.9 Å². The molecular formula is C21H20N6O3S. The highest BCUT2D eigenvalue weighted by Crippen LogP contribution is 2.29. The summed E-state index contributed by atoms with van der Waals surface area (Å²) in [5.74, 6) is 1.61. The molecule has 0 bridgehead atoms. The number of fused-ring (bicyclic) bond motifs is 2. The van der Waals surface area contributed by atoms with Gasteiger partial charge >= 0.3 is 0 Å². The van der Waals surface area contributed by atoms with Gasteiger partial charge in [0.05, 0.1) is 6.61 Å². The standard InChI is InChI=1S/C21H20N6O3S/c28-31(29)25-10-14-4-6-15(7-5-14)18-12-23-21(27-13-24-26-20(18)27)22-11-16-2-1-3-19-17(16)8-9-30-19/h1-7,12-13,31H,8-11H2,(H,22,23)(H,25,28,29). The van der Waals surface area contributed by atoms with Gasteiger partial charge < -0.3 is 10.1 Å². The molecule has 9 nitrogen and oxygen atoms in total. The Morgan fingerprint density at radius 2 is 1.97 bits per heavy atom. The van der Waals surface area contributed by atoms with Gasteiger partial charge in [0.25, 0.3) is 0 Å². The van der Waals surface area contributed by atoms with E-state index in [0.29, 0.717) is 18.1 Å². The van der Waals surface area contributed by atoms with Gasteiger partial charge in [-0.3, -0.25) is 4.40 Å². The molecule has 0 aliphatic carbocycles. The van der Waals surface area contributed by atoms with Gasteiger partial charge in [0.2, 0.25) is 16.8 Å².